The van der Waals surface area contributed by atoms with E-state index in [1.165, 1.54) is 0 Å². The molecule has 2 nitrogen and oxygen atoms in total. The van der Waals surface area contributed by atoms with Gasteiger partial charge in [-0.3, -0.25) is 0 Å². The molecule has 1 aliphatic rings. The fraction of sp³-hybridized carbons (Fsp3) is 0.375. The summed E-state index contributed by atoms with van der Waals surface area (Å²) in [6, 6.07) is 0.410. The van der Waals surface area contributed by atoms with Crippen LogP contribution < -0.4 is 0 Å². The van der Waals surface area contributed by atoms with Crippen molar-refractivity contribution in [3.8, 4) is 0 Å². The molecule has 0 aromatic heterocycles. The van der Waals surface area contributed by atoms with Crippen LogP contribution in [0.4, 0.5) is 0 Å². The van der Waals surface area contributed by atoms with Gasteiger partial charge in [0.1, 0.15) is 5.82 Å². The number of hydrogen-bond donors (Lipinski definition) is 0. The van der Waals surface area contributed by atoms with Crippen molar-refractivity contribution in [3.05, 3.63) is 23.1 Å². The third kappa shape index (κ3) is 1.93. The molecule has 0 radical (unpaired) electrons. The summed E-state index contributed by atoms with van der Waals surface area (Å²) in [5, 5.41) is 0. The lowest BCUT2D eigenvalue weighted by atomic mass is 10.3. The molecule has 0 bridgehead atoms. The van der Waals surface area contributed by atoms with Gasteiger partial charge < -0.3 is 4.90 Å². The number of nitrogens with zero attached hydrogens (tertiary/aromatic N) is 2. The number of aliphatic imine (C=N–C) groups is 1. The molecule has 11 heavy (non-hydrogen) atoms. The van der Waals surface area contributed by atoms with Gasteiger partial charge in [-0.25, -0.2) is 4.99 Å². The van der Waals surface area contributed by atoms with Crippen LogP contribution in [0.1, 0.15) is 13.8 Å². The van der Waals surface area contributed by atoms with E-state index in [9.17, 15) is 0 Å². The van der Waals surface area contributed by atoms with E-state index in [4.69, 9.17) is 0 Å². The topological polar surface area (TPSA) is 15.6 Å². The fourth-order valence-corrected chi connectivity index (χ4v) is 1.21. The number of rotatable bonds is 1. The summed E-state index contributed by atoms with van der Waals surface area (Å²) in [7, 11) is 0. The van der Waals surface area contributed by atoms with E-state index < -0.39 is 0 Å². The standard InChI is InChI=1S/C8H11BrN2/c1-6(2)11-5-8(9)4-10-7(11)3/h4-6H,3H2,1-2H3. The molecule has 0 N–H and O–H groups in total. The van der Waals surface area contributed by atoms with Crippen LogP contribution >= 0.6 is 15.9 Å². The van der Waals surface area contributed by atoms with Gasteiger partial charge >= 0.3 is 0 Å². The minimum Gasteiger partial charge on any atom is -0.330 e. The van der Waals surface area contributed by atoms with Crippen LogP contribution in [0.3, 0.4) is 0 Å². The molecule has 0 fully saturated rings. The minimum absolute atomic E-state index is 0.410. The average molecular weight is 215 g/mol. The number of halogens is 1. The second-order valence-electron chi connectivity index (χ2n) is 2.69. The van der Waals surface area contributed by atoms with Crippen LogP contribution in [0.15, 0.2) is 28.1 Å². The van der Waals surface area contributed by atoms with Gasteiger partial charge in [0.2, 0.25) is 0 Å². The first-order chi connectivity index (χ1) is 5.11. The van der Waals surface area contributed by atoms with Gasteiger partial charge in [0.15, 0.2) is 0 Å². The first kappa shape index (κ1) is 8.53. The molecule has 0 aromatic rings. The Kier molecular flexibility index (Phi) is 2.49. The number of hydrogen-bond acceptors (Lipinski definition) is 2. The highest BCUT2D eigenvalue weighted by Gasteiger charge is 2.11. The fourth-order valence-electron chi connectivity index (χ4n) is 0.891. The van der Waals surface area contributed by atoms with Crippen LogP contribution in [-0.4, -0.2) is 17.2 Å². The maximum absolute atomic E-state index is 4.10. The van der Waals surface area contributed by atoms with Crippen LogP contribution in [0.5, 0.6) is 0 Å². The van der Waals surface area contributed by atoms with Gasteiger partial charge in [0, 0.05) is 18.5 Å². The number of allylic oxidation sites excluding steroid dienone is 1. The quantitative estimate of drug-likeness (QED) is 0.656. The third-order valence-electron chi connectivity index (χ3n) is 1.45. The highest BCUT2D eigenvalue weighted by molar-refractivity contribution is 9.12. The first-order valence-corrected chi connectivity index (χ1v) is 4.29. The Bertz CT molecular complexity index is 228. The van der Waals surface area contributed by atoms with Crippen molar-refractivity contribution in [2.75, 3.05) is 0 Å². The second kappa shape index (κ2) is 3.22. The van der Waals surface area contributed by atoms with E-state index in [2.05, 4.69) is 41.3 Å². The van der Waals surface area contributed by atoms with Crippen molar-refractivity contribution >= 4 is 22.1 Å². The van der Waals surface area contributed by atoms with E-state index in [-0.39, 0.29) is 0 Å². The minimum atomic E-state index is 0.410. The Balaban J connectivity index is 2.82. The summed E-state index contributed by atoms with van der Waals surface area (Å²) in [5.41, 5.74) is 0. The van der Waals surface area contributed by atoms with E-state index in [0.717, 1.165) is 10.3 Å². The van der Waals surface area contributed by atoms with Gasteiger partial charge in [-0.1, -0.05) is 6.58 Å². The van der Waals surface area contributed by atoms with E-state index in [0.29, 0.717) is 6.04 Å². The highest BCUT2D eigenvalue weighted by Crippen LogP contribution is 2.18. The Morgan fingerprint density at radius 3 is 2.73 bits per heavy atom. The summed E-state index contributed by atoms with van der Waals surface area (Å²) < 4.78 is 0.985. The smallest absolute Gasteiger partial charge is 0.125 e. The molecule has 0 spiro atoms. The molecule has 3 heteroatoms. The Morgan fingerprint density at radius 2 is 2.27 bits per heavy atom. The Labute approximate surface area is 75.4 Å². The summed E-state index contributed by atoms with van der Waals surface area (Å²) in [5.74, 6) is 0.795. The molecule has 0 saturated heterocycles. The second-order valence-corrected chi connectivity index (χ2v) is 3.61. The average Bonchev–Trinajstić information content (AvgIpc) is 1.94. The van der Waals surface area contributed by atoms with Crippen LogP contribution in [0.2, 0.25) is 0 Å². The monoisotopic (exact) mass is 214 g/mol. The van der Waals surface area contributed by atoms with E-state index in [1.54, 1.807) is 6.21 Å². The summed E-state index contributed by atoms with van der Waals surface area (Å²) in [6.45, 7) is 8.01. The molecule has 1 rings (SSSR count). The zero-order chi connectivity index (χ0) is 8.43. The maximum Gasteiger partial charge on any atom is 0.125 e. The van der Waals surface area contributed by atoms with Gasteiger partial charge in [0.25, 0.3) is 0 Å². The summed E-state index contributed by atoms with van der Waals surface area (Å²) in [6.07, 6.45) is 3.74. The Morgan fingerprint density at radius 1 is 1.64 bits per heavy atom. The molecule has 0 aliphatic carbocycles. The van der Waals surface area contributed by atoms with Crippen LogP contribution in [-0.2, 0) is 0 Å². The zero-order valence-corrected chi connectivity index (χ0v) is 8.30. The van der Waals surface area contributed by atoms with E-state index in [1.807, 2.05) is 11.1 Å². The van der Waals surface area contributed by atoms with Gasteiger partial charge in [-0.15, -0.1) is 0 Å². The van der Waals surface area contributed by atoms with Gasteiger partial charge in [0.05, 0.1) is 4.48 Å². The van der Waals surface area contributed by atoms with E-state index >= 15 is 0 Å². The molecule has 0 amide bonds. The lowest BCUT2D eigenvalue weighted by Gasteiger charge is -2.26. The maximum atomic E-state index is 4.10. The van der Waals surface area contributed by atoms with Crippen molar-refractivity contribution in [2.24, 2.45) is 4.99 Å². The summed E-state index contributed by atoms with van der Waals surface area (Å²) >= 11 is 3.35. The predicted octanol–water partition coefficient (Wildman–Crippen LogP) is 2.49. The van der Waals surface area contributed by atoms with Crippen LogP contribution in [0, 0.1) is 0 Å². The van der Waals surface area contributed by atoms with Crippen molar-refractivity contribution in [2.45, 2.75) is 19.9 Å². The van der Waals surface area contributed by atoms with Crippen molar-refractivity contribution in [1.82, 2.24) is 4.90 Å². The molecule has 0 atom stereocenters. The largest absolute Gasteiger partial charge is 0.330 e. The normalized spacial score (nSPS) is 17.6. The molecule has 0 saturated carbocycles. The molecular weight excluding hydrogens is 204 g/mol. The predicted molar refractivity (Wildman–Crippen MR) is 51.6 cm³/mol. The highest BCUT2D eigenvalue weighted by atomic mass is 79.9. The lowest BCUT2D eigenvalue weighted by Crippen LogP contribution is -2.25. The lowest BCUT2D eigenvalue weighted by molar-refractivity contribution is 0.380. The van der Waals surface area contributed by atoms with Crippen molar-refractivity contribution in [3.63, 3.8) is 0 Å². The van der Waals surface area contributed by atoms with Crippen molar-refractivity contribution in [1.29, 1.82) is 0 Å². The Hall–Kier alpha value is -0.570. The van der Waals surface area contributed by atoms with Crippen LogP contribution in [0.25, 0.3) is 0 Å². The van der Waals surface area contributed by atoms with Gasteiger partial charge in [-0.2, -0.15) is 0 Å². The van der Waals surface area contributed by atoms with Gasteiger partial charge in [-0.05, 0) is 29.8 Å². The summed E-state index contributed by atoms with van der Waals surface area (Å²) in [4.78, 5) is 6.12. The molecule has 1 aliphatic heterocycles. The van der Waals surface area contributed by atoms with Crippen molar-refractivity contribution < 1.29 is 0 Å². The zero-order valence-electron chi connectivity index (χ0n) is 6.71. The molecule has 0 unspecified atom stereocenters. The molecule has 60 valence electrons. The SMILES string of the molecule is C=C1N=CC(Br)=CN1C(C)C. The third-order valence-corrected chi connectivity index (χ3v) is 1.86. The molecular formula is C8H11BrN2. The molecule has 0 aromatic carbocycles. The molecule has 1 heterocycles. The first-order valence-electron chi connectivity index (χ1n) is 3.50.